The van der Waals surface area contributed by atoms with E-state index >= 15 is 0 Å². The fraction of sp³-hybridized carbons (Fsp3) is 0.400. The van der Waals surface area contributed by atoms with Crippen LogP contribution in [-0.4, -0.2) is 17.7 Å². The first-order chi connectivity index (χ1) is 6.29. The van der Waals surface area contributed by atoms with Gasteiger partial charge in [0.2, 0.25) is 0 Å². The van der Waals surface area contributed by atoms with Gasteiger partial charge in [-0.25, -0.2) is 0 Å². The molecule has 1 unspecified atom stereocenters. The highest BCUT2D eigenvalue weighted by Crippen LogP contribution is 2.26. The molecular formula is C10H12O3. The van der Waals surface area contributed by atoms with Crippen molar-refractivity contribution in [1.29, 1.82) is 0 Å². The molecule has 1 aromatic carbocycles. The van der Waals surface area contributed by atoms with Gasteiger partial charge in [-0.2, -0.15) is 0 Å². The number of rotatable bonds is 2. The number of hydrogen-bond acceptors (Lipinski definition) is 3. The predicted molar refractivity (Wildman–Crippen MR) is 47.2 cm³/mol. The molecule has 13 heavy (non-hydrogen) atoms. The number of para-hydroxylation sites is 1. The van der Waals surface area contributed by atoms with Crippen LogP contribution in [0.25, 0.3) is 0 Å². The van der Waals surface area contributed by atoms with Crippen LogP contribution in [0.4, 0.5) is 0 Å². The molecule has 1 saturated heterocycles. The molecule has 3 nitrogen and oxygen atoms in total. The number of ether oxygens (including phenoxy) is 2. The summed E-state index contributed by atoms with van der Waals surface area (Å²) in [5.41, 5.74) is 0. The second-order valence-electron chi connectivity index (χ2n) is 3.08. The van der Waals surface area contributed by atoms with Crippen molar-refractivity contribution in [3.05, 3.63) is 30.3 Å². The Balaban J connectivity index is 2.05. The first kappa shape index (κ1) is 8.53. The zero-order valence-corrected chi connectivity index (χ0v) is 7.27. The summed E-state index contributed by atoms with van der Waals surface area (Å²) in [6, 6.07) is 9.19. The van der Waals surface area contributed by atoms with Gasteiger partial charge in [-0.1, -0.05) is 18.2 Å². The predicted octanol–water partition coefficient (Wildman–Crippen LogP) is 1.52. The summed E-state index contributed by atoms with van der Waals surface area (Å²) in [6.45, 7) is 0.559. The number of aliphatic hydroxyl groups is 1. The molecule has 1 atom stereocenters. The van der Waals surface area contributed by atoms with E-state index in [9.17, 15) is 5.11 Å². The lowest BCUT2D eigenvalue weighted by atomic mass is 10.3. The van der Waals surface area contributed by atoms with E-state index in [1.807, 2.05) is 18.2 Å². The highest BCUT2D eigenvalue weighted by Gasteiger charge is 2.34. The Morgan fingerprint density at radius 2 is 2.08 bits per heavy atom. The summed E-state index contributed by atoms with van der Waals surface area (Å²) in [5, 5.41) is 9.70. The molecule has 2 rings (SSSR count). The molecular weight excluding hydrogens is 168 g/mol. The van der Waals surface area contributed by atoms with Crippen LogP contribution in [0, 0.1) is 0 Å². The molecule has 1 aromatic rings. The molecule has 1 aliphatic heterocycles. The van der Waals surface area contributed by atoms with Crippen LogP contribution >= 0.6 is 0 Å². The first-order valence-corrected chi connectivity index (χ1v) is 4.39. The average molecular weight is 180 g/mol. The third-order valence-corrected chi connectivity index (χ3v) is 1.99. The van der Waals surface area contributed by atoms with Crippen molar-refractivity contribution in [2.24, 2.45) is 0 Å². The summed E-state index contributed by atoms with van der Waals surface area (Å²) in [5.74, 6) is -0.770. The molecule has 0 amide bonds. The van der Waals surface area contributed by atoms with Gasteiger partial charge in [0.25, 0.3) is 0 Å². The standard InChI is InChI=1S/C10H12O3/c11-10(7-4-8-12-10)13-9-5-2-1-3-6-9/h1-3,5-6,11H,4,7-8H2. The van der Waals surface area contributed by atoms with Gasteiger partial charge < -0.3 is 14.6 Å². The zero-order valence-electron chi connectivity index (χ0n) is 7.27. The maximum absolute atomic E-state index is 9.70. The van der Waals surface area contributed by atoms with Crippen molar-refractivity contribution in [2.45, 2.75) is 18.8 Å². The van der Waals surface area contributed by atoms with Gasteiger partial charge in [-0.15, -0.1) is 0 Å². The largest absolute Gasteiger partial charge is 0.439 e. The highest BCUT2D eigenvalue weighted by atomic mass is 16.8. The topological polar surface area (TPSA) is 38.7 Å². The maximum Gasteiger partial charge on any atom is 0.324 e. The Hall–Kier alpha value is -1.06. The van der Waals surface area contributed by atoms with E-state index in [4.69, 9.17) is 9.47 Å². The minimum atomic E-state index is -1.40. The summed E-state index contributed by atoms with van der Waals surface area (Å²) in [6.07, 6.45) is 1.37. The normalized spacial score (nSPS) is 27.5. The van der Waals surface area contributed by atoms with Crippen LogP contribution in [0.3, 0.4) is 0 Å². The molecule has 0 radical (unpaired) electrons. The molecule has 0 spiro atoms. The molecule has 1 N–H and O–H groups in total. The Morgan fingerprint density at radius 1 is 1.31 bits per heavy atom. The van der Waals surface area contributed by atoms with Crippen molar-refractivity contribution in [1.82, 2.24) is 0 Å². The molecule has 0 saturated carbocycles. The van der Waals surface area contributed by atoms with E-state index in [1.54, 1.807) is 12.1 Å². The summed E-state index contributed by atoms with van der Waals surface area (Å²) >= 11 is 0. The monoisotopic (exact) mass is 180 g/mol. The van der Waals surface area contributed by atoms with E-state index < -0.39 is 5.97 Å². The molecule has 3 heteroatoms. The Labute approximate surface area is 76.9 Å². The van der Waals surface area contributed by atoms with Gasteiger partial charge >= 0.3 is 5.97 Å². The fourth-order valence-electron chi connectivity index (χ4n) is 1.35. The van der Waals surface area contributed by atoms with Crippen LogP contribution in [0.2, 0.25) is 0 Å². The molecule has 1 heterocycles. The summed E-state index contributed by atoms with van der Waals surface area (Å²) in [4.78, 5) is 0. The lowest BCUT2D eigenvalue weighted by Crippen LogP contribution is -2.34. The molecule has 70 valence electrons. The molecule has 1 fully saturated rings. The van der Waals surface area contributed by atoms with Gasteiger partial charge in [0.15, 0.2) is 0 Å². The van der Waals surface area contributed by atoms with E-state index in [-0.39, 0.29) is 0 Å². The average Bonchev–Trinajstić information content (AvgIpc) is 2.54. The molecule has 1 aliphatic rings. The summed E-state index contributed by atoms with van der Waals surface area (Å²) in [7, 11) is 0. The van der Waals surface area contributed by atoms with Gasteiger partial charge in [0.1, 0.15) is 5.75 Å². The number of hydrogen-bond donors (Lipinski definition) is 1. The van der Waals surface area contributed by atoms with Crippen LogP contribution in [0.1, 0.15) is 12.8 Å². The third-order valence-electron chi connectivity index (χ3n) is 1.99. The van der Waals surface area contributed by atoms with E-state index in [0.717, 1.165) is 6.42 Å². The highest BCUT2D eigenvalue weighted by molar-refractivity contribution is 5.21. The van der Waals surface area contributed by atoms with Gasteiger partial charge in [0, 0.05) is 6.42 Å². The SMILES string of the molecule is OC1(Oc2ccccc2)CCCO1. The maximum atomic E-state index is 9.70. The van der Waals surface area contributed by atoms with Crippen molar-refractivity contribution in [3.8, 4) is 5.75 Å². The Kier molecular flexibility index (Phi) is 2.20. The van der Waals surface area contributed by atoms with Gasteiger partial charge in [-0.05, 0) is 18.6 Å². The van der Waals surface area contributed by atoms with Crippen LogP contribution in [-0.2, 0) is 4.74 Å². The molecule has 0 aromatic heterocycles. The van der Waals surface area contributed by atoms with Crippen molar-refractivity contribution in [3.63, 3.8) is 0 Å². The second kappa shape index (κ2) is 3.36. The number of benzene rings is 1. The lowest BCUT2D eigenvalue weighted by molar-refractivity contribution is -0.294. The zero-order chi connectivity index (χ0) is 9.15. The Bertz CT molecular complexity index is 265. The minimum absolute atomic E-state index is 0.530. The van der Waals surface area contributed by atoms with E-state index in [0.29, 0.717) is 18.8 Å². The van der Waals surface area contributed by atoms with Crippen molar-refractivity contribution < 1.29 is 14.6 Å². The van der Waals surface area contributed by atoms with Crippen LogP contribution in [0.5, 0.6) is 5.75 Å². The fourth-order valence-corrected chi connectivity index (χ4v) is 1.35. The van der Waals surface area contributed by atoms with Crippen molar-refractivity contribution in [2.75, 3.05) is 6.61 Å². The first-order valence-electron chi connectivity index (χ1n) is 4.39. The molecule has 0 bridgehead atoms. The lowest BCUT2D eigenvalue weighted by Gasteiger charge is -2.22. The third kappa shape index (κ3) is 1.99. The van der Waals surface area contributed by atoms with Gasteiger partial charge in [-0.3, -0.25) is 0 Å². The van der Waals surface area contributed by atoms with Gasteiger partial charge in [0.05, 0.1) is 6.61 Å². The minimum Gasteiger partial charge on any atom is -0.439 e. The Morgan fingerprint density at radius 3 is 2.69 bits per heavy atom. The van der Waals surface area contributed by atoms with E-state index in [2.05, 4.69) is 0 Å². The van der Waals surface area contributed by atoms with Crippen LogP contribution < -0.4 is 4.74 Å². The summed E-state index contributed by atoms with van der Waals surface area (Å²) < 4.78 is 10.4. The van der Waals surface area contributed by atoms with Crippen molar-refractivity contribution >= 4 is 0 Å². The van der Waals surface area contributed by atoms with Crippen LogP contribution in [0.15, 0.2) is 30.3 Å². The smallest absolute Gasteiger partial charge is 0.324 e. The van der Waals surface area contributed by atoms with E-state index in [1.165, 1.54) is 0 Å². The quantitative estimate of drug-likeness (QED) is 0.701. The molecule has 0 aliphatic carbocycles. The second-order valence-corrected chi connectivity index (χ2v) is 3.08.